The van der Waals surface area contributed by atoms with Gasteiger partial charge in [-0.2, -0.15) is 0 Å². The van der Waals surface area contributed by atoms with Crippen molar-refractivity contribution in [1.29, 1.82) is 0 Å². The summed E-state index contributed by atoms with van der Waals surface area (Å²) in [7, 11) is 1.67. The van der Waals surface area contributed by atoms with Crippen LogP contribution in [0, 0.1) is 5.41 Å². The van der Waals surface area contributed by atoms with Crippen LogP contribution in [-0.2, 0) is 4.79 Å². The van der Waals surface area contributed by atoms with E-state index in [2.05, 4.69) is 12.1 Å². The lowest BCUT2D eigenvalue weighted by atomic mass is 9.77. The summed E-state index contributed by atoms with van der Waals surface area (Å²) >= 11 is 1.78. The van der Waals surface area contributed by atoms with Crippen molar-refractivity contribution in [2.75, 3.05) is 12.9 Å². The molecule has 18 heavy (non-hydrogen) atoms. The highest BCUT2D eigenvalue weighted by Gasteiger charge is 2.31. The molecular formula is C15H20O2S. The second-order valence-corrected chi connectivity index (χ2v) is 6.05. The van der Waals surface area contributed by atoms with Crippen molar-refractivity contribution in [3.8, 4) is 5.75 Å². The van der Waals surface area contributed by atoms with E-state index in [0.717, 1.165) is 24.3 Å². The molecule has 0 spiro atoms. The van der Waals surface area contributed by atoms with Crippen molar-refractivity contribution in [1.82, 2.24) is 0 Å². The van der Waals surface area contributed by atoms with E-state index in [1.807, 2.05) is 12.1 Å². The van der Waals surface area contributed by atoms with Crippen LogP contribution in [0.4, 0.5) is 0 Å². The van der Waals surface area contributed by atoms with Gasteiger partial charge in [0.05, 0.1) is 7.11 Å². The molecule has 0 aromatic heterocycles. The molecule has 1 fully saturated rings. The van der Waals surface area contributed by atoms with Gasteiger partial charge in [-0.1, -0.05) is 19.3 Å². The topological polar surface area (TPSA) is 26.3 Å². The Balaban J connectivity index is 1.94. The Morgan fingerprint density at radius 1 is 1.22 bits per heavy atom. The summed E-state index contributed by atoms with van der Waals surface area (Å²) in [5.74, 6) is 1.78. The predicted molar refractivity (Wildman–Crippen MR) is 75.3 cm³/mol. The third-order valence-corrected chi connectivity index (χ3v) is 5.01. The number of carbonyl (C=O) groups excluding carboxylic acids is 1. The molecule has 0 amide bonds. The zero-order chi connectivity index (χ0) is 12.8. The number of methoxy groups -OCH3 is 1. The van der Waals surface area contributed by atoms with E-state index in [4.69, 9.17) is 4.74 Å². The largest absolute Gasteiger partial charge is 0.497 e. The van der Waals surface area contributed by atoms with Crippen LogP contribution in [0.15, 0.2) is 29.2 Å². The second kappa shape index (κ2) is 6.28. The predicted octanol–water partition coefficient (Wildman–Crippen LogP) is 3.94. The molecule has 1 aromatic rings. The van der Waals surface area contributed by atoms with Crippen LogP contribution in [0.2, 0.25) is 0 Å². The van der Waals surface area contributed by atoms with E-state index < -0.39 is 0 Å². The van der Waals surface area contributed by atoms with Gasteiger partial charge >= 0.3 is 0 Å². The van der Waals surface area contributed by atoms with Gasteiger partial charge < -0.3 is 9.53 Å². The average molecular weight is 264 g/mol. The Bertz CT molecular complexity index is 380. The number of hydrogen-bond acceptors (Lipinski definition) is 3. The highest BCUT2D eigenvalue weighted by atomic mass is 32.2. The van der Waals surface area contributed by atoms with Crippen LogP contribution in [0.1, 0.15) is 32.1 Å². The van der Waals surface area contributed by atoms with Gasteiger partial charge in [0.1, 0.15) is 12.0 Å². The molecule has 0 aliphatic heterocycles. The van der Waals surface area contributed by atoms with Gasteiger partial charge in [-0.3, -0.25) is 0 Å². The van der Waals surface area contributed by atoms with E-state index in [9.17, 15) is 4.79 Å². The van der Waals surface area contributed by atoms with E-state index >= 15 is 0 Å². The van der Waals surface area contributed by atoms with Crippen LogP contribution in [-0.4, -0.2) is 19.1 Å². The van der Waals surface area contributed by atoms with Gasteiger partial charge in [-0.05, 0) is 37.1 Å². The summed E-state index contributed by atoms with van der Waals surface area (Å²) in [6.07, 6.45) is 6.98. The molecule has 0 N–H and O–H groups in total. The highest BCUT2D eigenvalue weighted by Crippen LogP contribution is 2.39. The molecular weight excluding hydrogens is 244 g/mol. The molecule has 3 heteroatoms. The maximum absolute atomic E-state index is 11.4. The average Bonchev–Trinajstić information content (AvgIpc) is 2.47. The van der Waals surface area contributed by atoms with Gasteiger partial charge in [0.2, 0.25) is 0 Å². The standard InChI is InChI=1S/C15H20O2S/c1-17-13-5-7-14(8-6-13)18-12-15(11-16)9-3-2-4-10-15/h5-8,11H,2-4,9-10,12H2,1H3. The molecule has 1 aliphatic carbocycles. The fraction of sp³-hybridized carbons (Fsp3) is 0.533. The van der Waals surface area contributed by atoms with Crippen LogP contribution in [0.25, 0.3) is 0 Å². The lowest BCUT2D eigenvalue weighted by Gasteiger charge is -2.31. The van der Waals surface area contributed by atoms with Gasteiger partial charge in [-0.25, -0.2) is 0 Å². The van der Waals surface area contributed by atoms with Gasteiger partial charge in [-0.15, -0.1) is 11.8 Å². The Labute approximate surface area is 113 Å². The smallest absolute Gasteiger partial charge is 0.126 e. The van der Waals surface area contributed by atoms with Crippen LogP contribution < -0.4 is 4.74 Å². The summed E-state index contributed by atoms with van der Waals surface area (Å²) < 4.78 is 5.14. The molecule has 0 bridgehead atoms. The molecule has 1 saturated carbocycles. The highest BCUT2D eigenvalue weighted by molar-refractivity contribution is 7.99. The van der Waals surface area contributed by atoms with Crippen LogP contribution in [0.3, 0.4) is 0 Å². The number of rotatable bonds is 5. The van der Waals surface area contributed by atoms with Crippen molar-refractivity contribution in [2.45, 2.75) is 37.0 Å². The minimum atomic E-state index is -0.0805. The summed E-state index contributed by atoms with van der Waals surface area (Å²) in [4.78, 5) is 12.6. The van der Waals surface area contributed by atoms with Crippen molar-refractivity contribution in [3.05, 3.63) is 24.3 Å². The summed E-state index contributed by atoms with van der Waals surface area (Å²) in [5.41, 5.74) is -0.0805. The third-order valence-electron chi connectivity index (χ3n) is 3.69. The summed E-state index contributed by atoms with van der Waals surface area (Å²) in [6.45, 7) is 0. The van der Waals surface area contributed by atoms with Crippen molar-refractivity contribution in [3.63, 3.8) is 0 Å². The first-order chi connectivity index (χ1) is 8.78. The van der Waals surface area contributed by atoms with Crippen LogP contribution in [0.5, 0.6) is 5.75 Å². The van der Waals surface area contributed by atoms with Crippen molar-refractivity contribution in [2.24, 2.45) is 5.41 Å². The molecule has 1 aromatic carbocycles. The normalized spacial score (nSPS) is 18.3. The first kappa shape index (κ1) is 13.5. The van der Waals surface area contributed by atoms with Gasteiger partial charge in [0, 0.05) is 16.1 Å². The first-order valence-corrected chi connectivity index (χ1v) is 7.50. The van der Waals surface area contributed by atoms with Gasteiger partial charge in [0.15, 0.2) is 0 Å². The molecule has 0 atom stereocenters. The summed E-state index contributed by atoms with van der Waals surface area (Å²) in [6, 6.07) is 8.06. The Morgan fingerprint density at radius 2 is 1.89 bits per heavy atom. The third kappa shape index (κ3) is 3.29. The van der Waals surface area contributed by atoms with E-state index in [0.29, 0.717) is 0 Å². The molecule has 0 radical (unpaired) electrons. The molecule has 2 nitrogen and oxygen atoms in total. The number of benzene rings is 1. The van der Waals surface area contributed by atoms with Crippen molar-refractivity contribution < 1.29 is 9.53 Å². The molecule has 0 saturated heterocycles. The fourth-order valence-electron chi connectivity index (χ4n) is 2.45. The SMILES string of the molecule is COc1ccc(SCC2(C=O)CCCCC2)cc1. The fourth-order valence-corrected chi connectivity index (χ4v) is 3.59. The quantitative estimate of drug-likeness (QED) is 0.595. The maximum Gasteiger partial charge on any atom is 0.126 e. The number of carbonyl (C=O) groups is 1. The molecule has 2 rings (SSSR count). The van der Waals surface area contributed by atoms with Gasteiger partial charge in [0.25, 0.3) is 0 Å². The Hall–Kier alpha value is -0.960. The number of aldehydes is 1. The number of hydrogen-bond donors (Lipinski definition) is 0. The Kier molecular flexibility index (Phi) is 4.70. The lowest BCUT2D eigenvalue weighted by Crippen LogP contribution is -2.28. The molecule has 1 aliphatic rings. The maximum atomic E-state index is 11.4. The van der Waals surface area contributed by atoms with E-state index in [1.54, 1.807) is 18.9 Å². The van der Waals surface area contributed by atoms with Crippen LogP contribution >= 0.6 is 11.8 Å². The minimum Gasteiger partial charge on any atom is -0.497 e. The lowest BCUT2D eigenvalue weighted by molar-refractivity contribution is -0.116. The number of ether oxygens (including phenoxy) is 1. The van der Waals surface area contributed by atoms with Crippen molar-refractivity contribution >= 4 is 18.0 Å². The molecule has 98 valence electrons. The first-order valence-electron chi connectivity index (χ1n) is 6.51. The van der Waals surface area contributed by atoms with E-state index in [-0.39, 0.29) is 5.41 Å². The Morgan fingerprint density at radius 3 is 2.44 bits per heavy atom. The van der Waals surface area contributed by atoms with E-state index in [1.165, 1.54) is 30.4 Å². The summed E-state index contributed by atoms with van der Waals surface area (Å²) in [5, 5.41) is 0. The zero-order valence-electron chi connectivity index (χ0n) is 10.9. The molecule has 0 heterocycles. The minimum absolute atomic E-state index is 0.0805. The zero-order valence-corrected chi connectivity index (χ0v) is 11.7. The molecule has 0 unspecified atom stereocenters. The number of thioether (sulfide) groups is 1. The monoisotopic (exact) mass is 264 g/mol. The second-order valence-electron chi connectivity index (χ2n) is 5.01.